The Balaban J connectivity index is 1.66. The minimum absolute atomic E-state index is 0.000667. The predicted molar refractivity (Wildman–Crippen MR) is 114 cm³/mol. The lowest BCUT2D eigenvalue weighted by atomic mass is 10.0. The molecule has 0 saturated heterocycles. The van der Waals surface area contributed by atoms with Crippen molar-refractivity contribution in [1.82, 2.24) is 5.48 Å². The number of anilines is 1. The average molecular weight is 493 g/mol. The van der Waals surface area contributed by atoms with E-state index in [4.69, 9.17) is 19.4 Å². The van der Waals surface area contributed by atoms with E-state index in [9.17, 15) is 14.7 Å². The molecule has 4 N–H and O–H groups in total. The molecule has 9 nitrogen and oxygen atoms in total. The average Bonchev–Trinajstić information content (AvgIpc) is 3.22. The van der Waals surface area contributed by atoms with Crippen LogP contribution in [0.3, 0.4) is 0 Å². The van der Waals surface area contributed by atoms with Gasteiger partial charge in [-0.05, 0) is 49.6 Å². The quantitative estimate of drug-likeness (QED) is 0.186. The van der Waals surface area contributed by atoms with Crippen LogP contribution in [-0.4, -0.2) is 29.1 Å². The Hall–Kier alpha value is -3.24. The first kappa shape index (κ1) is 22.4. The van der Waals surface area contributed by atoms with E-state index < -0.39 is 18.1 Å². The van der Waals surface area contributed by atoms with Gasteiger partial charge in [-0.1, -0.05) is 22.0 Å². The van der Waals surface area contributed by atoms with Gasteiger partial charge in [-0.2, -0.15) is 0 Å². The number of hydrogen-bond acceptors (Lipinski definition) is 7. The summed E-state index contributed by atoms with van der Waals surface area (Å²) in [6.45, 7) is 0.127. The topological polar surface area (TPSA) is 126 Å². The highest BCUT2D eigenvalue weighted by atomic mass is 79.9. The van der Waals surface area contributed by atoms with Gasteiger partial charge >= 0.3 is 6.09 Å². The number of ether oxygens (including phenoxy) is 3. The molecule has 0 fully saturated rings. The minimum Gasteiger partial charge on any atom is -0.508 e. The summed E-state index contributed by atoms with van der Waals surface area (Å²) in [6, 6.07) is 9.85. The maximum absolute atomic E-state index is 12.5. The standard InChI is InChI=1S/C21H21BrN2O7/c22-13-6-8-16(25)15(10-13)17(4-2-1-3-5-20(26)24-28)31-21(27)23-14-7-9-18-19(11-14)30-12-29-18/h3,5-11,17,25,28H,1-2,4,12H2,(H,23,27)(H,24,26)/b5-3+/t17-/m1/s1. The highest BCUT2D eigenvalue weighted by Crippen LogP contribution is 2.35. The molecule has 0 saturated carbocycles. The van der Waals surface area contributed by atoms with Gasteiger partial charge in [0.25, 0.3) is 5.91 Å². The van der Waals surface area contributed by atoms with E-state index in [1.54, 1.807) is 36.4 Å². The van der Waals surface area contributed by atoms with Crippen molar-refractivity contribution in [1.29, 1.82) is 0 Å². The van der Waals surface area contributed by atoms with Gasteiger partial charge in [0.1, 0.15) is 11.9 Å². The molecule has 0 unspecified atom stereocenters. The maximum atomic E-state index is 12.5. The number of halogens is 1. The Morgan fingerprint density at radius 2 is 2.00 bits per heavy atom. The number of hydroxylamine groups is 1. The van der Waals surface area contributed by atoms with E-state index in [0.717, 1.165) is 4.47 Å². The van der Waals surface area contributed by atoms with Gasteiger partial charge in [0, 0.05) is 27.9 Å². The van der Waals surface area contributed by atoms with Gasteiger partial charge < -0.3 is 19.3 Å². The Morgan fingerprint density at radius 1 is 1.19 bits per heavy atom. The molecule has 1 aliphatic rings. The van der Waals surface area contributed by atoms with Gasteiger partial charge in [0.15, 0.2) is 11.5 Å². The fourth-order valence-corrected chi connectivity index (χ4v) is 3.34. The largest absolute Gasteiger partial charge is 0.508 e. The molecule has 1 aliphatic heterocycles. The third-order valence-electron chi connectivity index (χ3n) is 4.42. The fraction of sp³-hybridized carbons (Fsp3) is 0.238. The van der Waals surface area contributed by atoms with Crippen molar-refractivity contribution in [3.8, 4) is 17.2 Å². The van der Waals surface area contributed by atoms with Crippen molar-refractivity contribution in [2.24, 2.45) is 0 Å². The number of allylic oxidation sites excluding steroid dienone is 1. The van der Waals surface area contributed by atoms with E-state index in [1.807, 2.05) is 0 Å². The lowest BCUT2D eigenvalue weighted by Crippen LogP contribution is -2.18. The lowest BCUT2D eigenvalue weighted by Gasteiger charge is -2.20. The number of unbranched alkanes of at least 4 members (excludes halogenated alkanes) is 1. The number of amides is 2. The van der Waals surface area contributed by atoms with Crippen LogP contribution in [0, 0.1) is 0 Å². The summed E-state index contributed by atoms with van der Waals surface area (Å²) >= 11 is 3.36. The molecule has 1 atom stereocenters. The molecular weight excluding hydrogens is 472 g/mol. The Kier molecular flexibility index (Phi) is 7.74. The molecule has 0 aliphatic carbocycles. The zero-order valence-electron chi connectivity index (χ0n) is 16.3. The predicted octanol–water partition coefficient (Wildman–Crippen LogP) is 4.41. The van der Waals surface area contributed by atoms with Crippen LogP contribution in [-0.2, 0) is 9.53 Å². The van der Waals surface area contributed by atoms with E-state index in [1.165, 1.54) is 17.6 Å². The van der Waals surface area contributed by atoms with E-state index in [2.05, 4.69) is 21.2 Å². The van der Waals surface area contributed by atoms with Crippen LogP contribution in [0.2, 0.25) is 0 Å². The van der Waals surface area contributed by atoms with Crippen LogP contribution in [0.15, 0.2) is 53.0 Å². The second kappa shape index (κ2) is 10.7. The summed E-state index contributed by atoms with van der Waals surface area (Å²) in [4.78, 5) is 23.5. The fourth-order valence-electron chi connectivity index (χ4n) is 2.96. The van der Waals surface area contributed by atoms with Crippen molar-refractivity contribution in [3.05, 3.63) is 58.6 Å². The SMILES string of the molecule is O=C(/C=C/CCC[C@@H](OC(=O)Nc1ccc2c(c1)OCO2)c1cc(Br)ccc1O)NO. The van der Waals surface area contributed by atoms with Crippen molar-refractivity contribution in [3.63, 3.8) is 0 Å². The molecule has 164 valence electrons. The van der Waals surface area contributed by atoms with E-state index in [-0.39, 0.29) is 12.5 Å². The van der Waals surface area contributed by atoms with Crippen LogP contribution < -0.4 is 20.3 Å². The number of nitrogens with one attached hydrogen (secondary N) is 2. The normalized spacial score (nSPS) is 13.1. The number of fused-ring (bicyclic) bond motifs is 1. The molecule has 3 rings (SSSR count). The first-order valence-electron chi connectivity index (χ1n) is 9.42. The van der Waals surface area contributed by atoms with E-state index in [0.29, 0.717) is 42.0 Å². The second-order valence-corrected chi connectivity index (χ2v) is 7.52. The van der Waals surface area contributed by atoms with Crippen molar-refractivity contribution < 1.29 is 34.1 Å². The summed E-state index contributed by atoms with van der Waals surface area (Å²) < 4.78 is 16.9. The Bertz CT molecular complexity index is 980. The van der Waals surface area contributed by atoms with Gasteiger partial charge in [-0.15, -0.1) is 0 Å². The summed E-state index contributed by atoms with van der Waals surface area (Å²) in [5, 5.41) is 21.4. The Labute approximate surface area is 186 Å². The number of phenols is 1. The number of carbonyl (C=O) groups excluding carboxylic acids is 2. The van der Waals surface area contributed by atoms with Crippen molar-refractivity contribution in [2.45, 2.75) is 25.4 Å². The highest BCUT2D eigenvalue weighted by molar-refractivity contribution is 9.10. The van der Waals surface area contributed by atoms with Crippen LogP contribution in [0.5, 0.6) is 17.2 Å². The molecule has 2 aromatic rings. The highest BCUT2D eigenvalue weighted by Gasteiger charge is 2.21. The van der Waals surface area contributed by atoms with Crippen LogP contribution in [0.1, 0.15) is 30.9 Å². The number of aromatic hydroxyl groups is 1. The summed E-state index contributed by atoms with van der Waals surface area (Å²) in [7, 11) is 0. The Morgan fingerprint density at radius 3 is 2.81 bits per heavy atom. The smallest absolute Gasteiger partial charge is 0.412 e. The molecule has 2 amide bonds. The van der Waals surface area contributed by atoms with Gasteiger partial charge in [0.2, 0.25) is 6.79 Å². The van der Waals surface area contributed by atoms with Crippen LogP contribution in [0.25, 0.3) is 0 Å². The maximum Gasteiger partial charge on any atom is 0.412 e. The summed E-state index contributed by atoms with van der Waals surface area (Å²) in [5.74, 6) is 0.497. The molecule has 1 heterocycles. The van der Waals surface area contributed by atoms with Crippen molar-refractivity contribution >= 4 is 33.6 Å². The number of phenolic OH excluding ortho intramolecular Hbond substituents is 1. The number of rotatable bonds is 8. The summed E-state index contributed by atoms with van der Waals surface area (Å²) in [5.41, 5.74) is 2.44. The van der Waals surface area contributed by atoms with Gasteiger partial charge in [-0.25, -0.2) is 10.3 Å². The molecule has 10 heteroatoms. The minimum atomic E-state index is -0.730. The zero-order chi connectivity index (χ0) is 22.2. The third-order valence-corrected chi connectivity index (χ3v) is 4.91. The molecule has 0 aromatic heterocycles. The van der Waals surface area contributed by atoms with Gasteiger partial charge in [-0.3, -0.25) is 15.3 Å². The molecule has 31 heavy (non-hydrogen) atoms. The zero-order valence-corrected chi connectivity index (χ0v) is 17.9. The van der Waals surface area contributed by atoms with Crippen molar-refractivity contribution in [2.75, 3.05) is 12.1 Å². The molecule has 0 spiro atoms. The number of carbonyl (C=O) groups is 2. The van der Waals surface area contributed by atoms with Crippen LogP contribution >= 0.6 is 15.9 Å². The second-order valence-electron chi connectivity index (χ2n) is 6.60. The number of benzene rings is 2. The summed E-state index contributed by atoms with van der Waals surface area (Å²) in [6.07, 6.45) is 2.83. The van der Waals surface area contributed by atoms with Gasteiger partial charge in [0.05, 0.1) is 0 Å². The first-order chi connectivity index (χ1) is 15.0. The molecular formula is C21H21BrN2O7. The molecule has 0 bridgehead atoms. The lowest BCUT2D eigenvalue weighted by molar-refractivity contribution is -0.124. The molecule has 2 aromatic carbocycles. The van der Waals surface area contributed by atoms with Crippen LogP contribution in [0.4, 0.5) is 10.5 Å². The van der Waals surface area contributed by atoms with E-state index >= 15 is 0 Å². The molecule has 0 radical (unpaired) electrons. The number of hydrogen-bond donors (Lipinski definition) is 4. The first-order valence-corrected chi connectivity index (χ1v) is 10.2. The third kappa shape index (κ3) is 6.37. The monoisotopic (exact) mass is 492 g/mol.